The lowest BCUT2D eigenvalue weighted by Crippen LogP contribution is -2.31. The average Bonchev–Trinajstić information content (AvgIpc) is 3.04. The van der Waals surface area contributed by atoms with E-state index in [0.29, 0.717) is 19.0 Å². The highest BCUT2D eigenvalue weighted by molar-refractivity contribution is 5.42. The van der Waals surface area contributed by atoms with Crippen molar-refractivity contribution >= 4 is 11.8 Å². The van der Waals surface area contributed by atoms with Crippen molar-refractivity contribution in [1.29, 1.82) is 0 Å². The number of hydrogen-bond acceptors (Lipinski definition) is 8. The molecule has 23 heavy (non-hydrogen) atoms. The van der Waals surface area contributed by atoms with E-state index in [2.05, 4.69) is 35.3 Å². The van der Waals surface area contributed by atoms with Crippen molar-refractivity contribution in [3.63, 3.8) is 0 Å². The highest BCUT2D eigenvalue weighted by Gasteiger charge is 2.24. The molecule has 0 fully saturated rings. The van der Waals surface area contributed by atoms with Gasteiger partial charge >= 0.3 is 0 Å². The first-order valence-electron chi connectivity index (χ1n) is 7.38. The molecule has 0 saturated heterocycles. The summed E-state index contributed by atoms with van der Waals surface area (Å²) < 4.78 is 5.47. The van der Waals surface area contributed by atoms with Crippen LogP contribution in [0.3, 0.4) is 0 Å². The van der Waals surface area contributed by atoms with Crippen LogP contribution in [0, 0.1) is 0 Å². The third-order valence-electron chi connectivity index (χ3n) is 3.76. The molecule has 0 spiro atoms. The number of aromatic nitrogens is 5. The predicted molar refractivity (Wildman–Crippen MR) is 82.6 cm³/mol. The SMILES string of the molecule is c1cnc(NCc2noc3c2CN(c2cnccn2)CC3)nc1. The van der Waals surface area contributed by atoms with E-state index < -0.39 is 0 Å². The topological polar surface area (TPSA) is 92.9 Å². The molecule has 3 aromatic heterocycles. The van der Waals surface area contributed by atoms with Crippen molar-refractivity contribution in [1.82, 2.24) is 25.1 Å². The molecule has 8 nitrogen and oxygen atoms in total. The molecule has 0 aromatic carbocycles. The Morgan fingerprint density at radius 2 is 2.04 bits per heavy atom. The number of anilines is 2. The molecule has 1 N–H and O–H groups in total. The van der Waals surface area contributed by atoms with Gasteiger partial charge in [-0.15, -0.1) is 0 Å². The first-order valence-corrected chi connectivity index (χ1v) is 7.38. The number of fused-ring (bicyclic) bond motifs is 1. The van der Waals surface area contributed by atoms with Crippen LogP contribution in [0.1, 0.15) is 17.0 Å². The summed E-state index contributed by atoms with van der Waals surface area (Å²) in [5, 5.41) is 7.35. The Kier molecular flexibility index (Phi) is 3.55. The van der Waals surface area contributed by atoms with Crippen LogP contribution in [0.15, 0.2) is 41.6 Å². The van der Waals surface area contributed by atoms with Crippen molar-refractivity contribution in [2.45, 2.75) is 19.5 Å². The zero-order valence-electron chi connectivity index (χ0n) is 12.4. The molecular formula is C15H15N7O. The lowest BCUT2D eigenvalue weighted by atomic mass is 10.1. The molecule has 0 unspecified atom stereocenters. The average molecular weight is 309 g/mol. The van der Waals surface area contributed by atoms with E-state index in [1.54, 1.807) is 37.1 Å². The van der Waals surface area contributed by atoms with Crippen molar-refractivity contribution in [2.75, 3.05) is 16.8 Å². The molecular weight excluding hydrogens is 294 g/mol. The fraction of sp³-hybridized carbons (Fsp3) is 0.267. The van der Waals surface area contributed by atoms with E-state index in [1.807, 2.05) is 0 Å². The second kappa shape index (κ2) is 5.99. The van der Waals surface area contributed by atoms with Crippen LogP contribution in [0.4, 0.5) is 11.8 Å². The zero-order chi connectivity index (χ0) is 15.5. The van der Waals surface area contributed by atoms with Crippen LogP contribution in [0.25, 0.3) is 0 Å². The Morgan fingerprint density at radius 1 is 1.13 bits per heavy atom. The fourth-order valence-electron chi connectivity index (χ4n) is 2.61. The molecule has 4 rings (SSSR count). The summed E-state index contributed by atoms with van der Waals surface area (Å²) in [6, 6.07) is 1.78. The van der Waals surface area contributed by atoms with Gasteiger partial charge in [-0.1, -0.05) is 5.16 Å². The molecule has 0 atom stereocenters. The third kappa shape index (κ3) is 2.83. The largest absolute Gasteiger partial charge is 0.361 e. The van der Waals surface area contributed by atoms with E-state index in [1.165, 1.54) is 0 Å². The minimum absolute atomic E-state index is 0.525. The number of nitrogens with zero attached hydrogens (tertiary/aromatic N) is 6. The van der Waals surface area contributed by atoms with Gasteiger partial charge in [0.05, 0.1) is 12.7 Å². The van der Waals surface area contributed by atoms with Gasteiger partial charge in [0.2, 0.25) is 5.95 Å². The minimum Gasteiger partial charge on any atom is -0.361 e. The summed E-state index contributed by atoms with van der Waals surface area (Å²) in [5.74, 6) is 2.38. The van der Waals surface area contributed by atoms with Gasteiger partial charge in [-0.2, -0.15) is 0 Å². The van der Waals surface area contributed by atoms with Gasteiger partial charge in [0.15, 0.2) is 0 Å². The zero-order valence-corrected chi connectivity index (χ0v) is 12.4. The Balaban J connectivity index is 1.51. The minimum atomic E-state index is 0.525. The smallest absolute Gasteiger partial charge is 0.222 e. The Hall–Kier alpha value is -3.03. The predicted octanol–water partition coefficient (Wildman–Crippen LogP) is 1.43. The van der Waals surface area contributed by atoms with Gasteiger partial charge in [0, 0.05) is 49.9 Å². The van der Waals surface area contributed by atoms with Crippen LogP contribution in [-0.4, -0.2) is 31.6 Å². The lowest BCUT2D eigenvalue weighted by Gasteiger charge is -2.26. The van der Waals surface area contributed by atoms with Crippen LogP contribution in [0.2, 0.25) is 0 Å². The molecule has 0 bridgehead atoms. The standard InChI is InChI=1S/C15H15N7O/c1-3-18-15(19-4-1)20-8-12-11-10-22(7-2-13(11)23-21-12)14-9-16-5-6-17-14/h1,3-6,9H,2,7-8,10H2,(H,18,19,20). The Morgan fingerprint density at radius 3 is 2.87 bits per heavy atom. The van der Waals surface area contributed by atoms with Crippen molar-refractivity contribution in [3.8, 4) is 0 Å². The molecule has 0 saturated carbocycles. The Labute approximate surface area is 132 Å². The second-order valence-corrected chi connectivity index (χ2v) is 5.19. The number of nitrogens with one attached hydrogen (secondary N) is 1. The second-order valence-electron chi connectivity index (χ2n) is 5.19. The Bertz CT molecular complexity index is 775. The maximum atomic E-state index is 5.47. The third-order valence-corrected chi connectivity index (χ3v) is 3.76. The van der Waals surface area contributed by atoms with Gasteiger partial charge in [-0.3, -0.25) is 4.98 Å². The highest BCUT2D eigenvalue weighted by atomic mass is 16.5. The monoisotopic (exact) mass is 309 g/mol. The summed E-state index contributed by atoms with van der Waals surface area (Å²) in [5.41, 5.74) is 1.98. The molecule has 1 aliphatic heterocycles. The normalized spacial score (nSPS) is 13.7. The van der Waals surface area contributed by atoms with Crippen LogP contribution < -0.4 is 10.2 Å². The van der Waals surface area contributed by atoms with E-state index in [0.717, 1.165) is 35.8 Å². The number of hydrogen-bond donors (Lipinski definition) is 1. The maximum absolute atomic E-state index is 5.47. The first-order chi connectivity index (χ1) is 11.4. The van der Waals surface area contributed by atoms with Gasteiger partial charge in [-0.25, -0.2) is 15.0 Å². The molecule has 3 aromatic rings. The summed E-state index contributed by atoms with van der Waals surface area (Å²) >= 11 is 0. The number of rotatable bonds is 4. The molecule has 1 aliphatic rings. The lowest BCUT2D eigenvalue weighted by molar-refractivity contribution is 0.373. The van der Waals surface area contributed by atoms with Crippen LogP contribution in [-0.2, 0) is 19.5 Å². The van der Waals surface area contributed by atoms with E-state index in [9.17, 15) is 0 Å². The molecule has 0 amide bonds. The molecule has 0 aliphatic carbocycles. The van der Waals surface area contributed by atoms with Gasteiger partial charge < -0.3 is 14.7 Å². The first kappa shape index (κ1) is 13.6. The van der Waals surface area contributed by atoms with Crippen LogP contribution in [0.5, 0.6) is 0 Å². The fourth-order valence-corrected chi connectivity index (χ4v) is 2.61. The van der Waals surface area contributed by atoms with Crippen molar-refractivity contribution < 1.29 is 4.52 Å². The molecule has 116 valence electrons. The van der Waals surface area contributed by atoms with Crippen molar-refractivity contribution in [2.24, 2.45) is 0 Å². The van der Waals surface area contributed by atoms with Crippen molar-refractivity contribution in [3.05, 3.63) is 54.1 Å². The molecule has 4 heterocycles. The van der Waals surface area contributed by atoms with Gasteiger partial charge in [0.1, 0.15) is 17.3 Å². The van der Waals surface area contributed by atoms with Crippen LogP contribution >= 0.6 is 0 Å². The quantitative estimate of drug-likeness (QED) is 0.773. The van der Waals surface area contributed by atoms with E-state index >= 15 is 0 Å². The van der Waals surface area contributed by atoms with E-state index in [4.69, 9.17) is 4.52 Å². The maximum Gasteiger partial charge on any atom is 0.222 e. The summed E-state index contributed by atoms with van der Waals surface area (Å²) in [7, 11) is 0. The van der Waals surface area contributed by atoms with Gasteiger partial charge in [-0.05, 0) is 6.07 Å². The summed E-state index contributed by atoms with van der Waals surface area (Å²) in [4.78, 5) is 19.0. The van der Waals surface area contributed by atoms with E-state index in [-0.39, 0.29) is 0 Å². The summed E-state index contributed by atoms with van der Waals surface area (Å²) in [6.07, 6.45) is 9.35. The highest BCUT2D eigenvalue weighted by Crippen LogP contribution is 2.25. The van der Waals surface area contributed by atoms with Gasteiger partial charge in [0.25, 0.3) is 0 Å². The molecule has 0 radical (unpaired) electrons. The molecule has 8 heteroatoms. The summed E-state index contributed by atoms with van der Waals surface area (Å²) in [6.45, 7) is 2.08.